The SMILES string of the molecule is O=C(c1c(F)ccc(NS(=O)(=O)c2ccccc2F)c1F)c1c[nH]c2nccc(Cl)c12. The van der Waals surface area contributed by atoms with E-state index in [4.69, 9.17) is 11.6 Å². The summed E-state index contributed by atoms with van der Waals surface area (Å²) in [4.78, 5) is 18.9. The van der Waals surface area contributed by atoms with Crippen LogP contribution in [0.5, 0.6) is 0 Å². The predicted octanol–water partition coefficient (Wildman–Crippen LogP) is 4.67. The normalized spacial score (nSPS) is 11.6. The van der Waals surface area contributed by atoms with Gasteiger partial charge >= 0.3 is 0 Å². The van der Waals surface area contributed by atoms with Crippen molar-refractivity contribution in [2.75, 3.05) is 4.72 Å². The number of hydrogen-bond donors (Lipinski definition) is 2. The van der Waals surface area contributed by atoms with Crippen LogP contribution in [-0.2, 0) is 10.0 Å². The summed E-state index contributed by atoms with van der Waals surface area (Å²) in [7, 11) is -4.55. The maximum Gasteiger partial charge on any atom is 0.264 e. The van der Waals surface area contributed by atoms with Crippen molar-refractivity contribution in [3.63, 3.8) is 0 Å². The minimum absolute atomic E-state index is 0.131. The summed E-state index contributed by atoms with van der Waals surface area (Å²) >= 11 is 6.09. The standard InChI is InChI=1S/C20H11ClF3N3O3S/c21-11-7-8-25-20-16(11)10(9-26-20)19(28)17-13(23)5-6-14(18(17)24)27-31(29,30)15-4-2-1-3-12(15)22/h1-9,27H,(H,25,26). The molecule has 4 rings (SSSR count). The Morgan fingerprint density at radius 1 is 1.03 bits per heavy atom. The molecule has 0 radical (unpaired) electrons. The lowest BCUT2D eigenvalue weighted by Crippen LogP contribution is -2.17. The van der Waals surface area contributed by atoms with Crippen LogP contribution in [0, 0.1) is 17.5 Å². The zero-order chi connectivity index (χ0) is 22.3. The zero-order valence-corrected chi connectivity index (χ0v) is 16.9. The molecule has 4 aromatic rings. The van der Waals surface area contributed by atoms with Crippen LogP contribution in [-0.4, -0.2) is 24.2 Å². The molecule has 31 heavy (non-hydrogen) atoms. The third-order valence-corrected chi connectivity index (χ3v) is 6.17. The monoisotopic (exact) mass is 465 g/mol. The summed E-state index contributed by atoms with van der Waals surface area (Å²) in [5.74, 6) is -4.82. The number of rotatable bonds is 5. The van der Waals surface area contributed by atoms with E-state index in [1.807, 2.05) is 4.72 Å². The van der Waals surface area contributed by atoms with Crippen molar-refractivity contribution in [1.29, 1.82) is 0 Å². The number of carbonyl (C=O) groups is 1. The number of aromatic nitrogens is 2. The number of fused-ring (bicyclic) bond motifs is 1. The minimum atomic E-state index is -4.55. The molecule has 2 N–H and O–H groups in total. The first-order chi connectivity index (χ1) is 14.7. The molecule has 0 aliphatic rings. The second-order valence-corrected chi connectivity index (χ2v) is 8.43. The van der Waals surface area contributed by atoms with Crippen LogP contribution in [0.4, 0.5) is 18.9 Å². The fourth-order valence-electron chi connectivity index (χ4n) is 3.03. The van der Waals surface area contributed by atoms with Gasteiger partial charge in [-0.3, -0.25) is 9.52 Å². The van der Waals surface area contributed by atoms with Crippen molar-refractivity contribution in [3.05, 3.63) is 88.5 Å². The number of benzene rings is 2. The first kappa shape index (κ1) is 20.9. The van der Waals surface area contributed by atoms with Gasteiger partial charge in [0.25, 0.3) is 10.0 Å². The Hall–Kier alpha value is -3.37. The molecule has 0 aliphatic heterocycles. The summed E-state index contributed by atoms with van der Waals surface area (Å²) in [5, 5.41) is 0.289. The molecule has 0 bridgehead atoms. The van der Waals surface area contributed by atoms with Gasteiger partial charge in [0.05, 0.1) is 21.8 Å². The van der Waals surface area contributed by atoms with E-state index in [-0.39, 0.29) is 21.6 Å². The number of H-pyrrole nitrogens is 1. The van der Waals surface area contributed by atoms with Crippen molar-refractivity contribution >= 4 is 44.1 Å². The molecule has 0 saturated heterocycles. The Morgan fingerprint density at radius 3 is 2.52 bits per heavy atom. The van der Waals surface area contributed by atoms with E-state index in [2.05, 4.69) is 9.97 Å². The van der Waals surface area contributed by atoms with Crippen LogP contribution in [0.1, 0.15) is 15.9 Å². The lowest BCUT2D eigenvalue weighted by Gasteiger charge is -2.12. The smallest absolute Gasteiger partial charge is 0.264 e. The molecular formula is C20H11ClF3N3O3S. The highest BCUT2D eigenvalue weighted by Gasteiger charge is 2.27. The number of aromatic amines is 1. The topological polar surface area (TPSA) is 91.9 Å². The van der Waals surface area contributed by atoms with Crippen LogP contribution in [0.2, 0.25) is 5.02 Å². The average molecular weight is 466 g/mol. The summed E-state index contributed by atoms with van der Waals surface area (Å²) in [6.45, 7) is 0. The summed E-state index contributed by atoms with van der Waals surface area (Å²) in [5.41, 5.74) is -1.65. The average Bonchev–Trinajstić information content (AvgIpc) is 3.16. The van der Waals surface area contributed by atoms with E-state index >= 15 is 4.39 Å². The van der Waals surface area contributed by atoms with Crippen molar-refractivity contribution < 1.29 is 26.4 Å². The van der Waals surface area contributed by atoms with Gasteiger partial charge in [-0.05, 0) is 30.3 Å². The fraction of sp³-hybridized carbons (Fsp3) is 0. The van der Waals surface area contributed by atoms with Crippen molar-refractivity contribution in [1.82, 2.24) is 9.97 Å². The Labute approximate surface area is 178 Å². The zero-order valence-electron chi connectivity index (χ0n) is 15.3. The number of halogens is 4. The molecule has 0 atom stereocenters. The number of pyridine rings is 1. The van der Waals surface area contributed by atoms with Crippen LogP contribution < -0.4 is 4.72 Å². The van der Waals surface area contributed by atoms with Crippen LogP contribution in [0.25, 0.3) is 11.0 Å². The molecule has 11 heteroatoms. The van der Waals surface area contributed by atoms with Crippen LogP contribution >= 0.6 is 11.6 Å². The van der Waals surface area contributed by atoms with Gasteiger partial charge in [-0.25, -0.2) is 26.6 Å². The maximum atomic E-state index is 15.1. The Morgan fingerprint density at radius 2 is 1.77 bits per heavy atom. The predicted molar refractivity (Wildman–Crippen MR) is 108 cm³/mol. The van der Waals surface area contributed by atoms with E-state index in [9.17, 15) is 22.0 Å². The molecule has 2 aromatic carbocycles. The van der Waals surface area contributed by atoms with Gasteiger partial charge in [0.15, 0.2) is 5.82 Å². The number of sulfonamides is 1. The largest absolute Gasteiger partial charge is 0.345 e. The van der Waals surface area contributed by atoms with E-state index in [1.54, 1.807) is 0 Å². The third kappa shape index (κ3) is 3.64. The molecule has 2 aromatic heterocycles. The Balaban J connectivity index is 1.80. The molecule has 0 saturated carbocycles. The molecule has 6 nitrogen and oxygen atoms in total. The highest BCUT2D eigenvalue weighted by molar-refractivity contribution is 7.92. The number of nitrogens with one attached hydrogen (secondary N) is 2. The minimum Gasteiger partial charge on any atom is -0.345 e. The van der Waals surface area contributed by atoms with E-state index in [0.717, 1.165) is 24.3 Å². The van der Waals surface area contributed by atoms with Gasteiger partial charge in [-0.1, -0.05) is 23.7 Å². The Bertz CT molecular complexity index is 1450. The van der Waals surface area contributed by atoms with E-state index in [1.165, 1.54) is 30.6 Å². The van der Waals surface area contributed by atoms with Gasteiger partial charge < -0.3 is 4.98 Å². The van der Waals surface area contributed by atoms with Crippen LogP contribution in [0.15, 0.2) is 59.8 Å². The van der Waals surface area contributed by atoms with Gasteiger partial charge in [-0.2, -0.15) is 0 Å². The second kappa shape index (κ2) is 7.71. The second-order valence-electron chi connectivity index (χ2n) is 6.37. The van der Waals surface area contributed by atoms with E-state index in [0.29, 0.717) is 0 Å². The fourth-order valence-corrected chi connectivity index (χ4v) is 4.42. The van der Waals surface area contributed by atoms with E-state index < -0.39 is 49.4 Å². The summed E-state index contributed by atoms with van der Waals surface area (Å²) in [6.07, 6.45) is 2.58. The molecule has 2 heterocycles. The number of nitrogens with zero attached hydrogens (tertiary/aromatic N) is 1. The van der Waals surface area contributed by atoms with Gasteiger partial charge in [0.2, 0.25) is 5.78 Å². The number of carbonyl (C=O) groups excluding carboxylic acids is 1. The first-order valence-corrected chi connectivity index (χ1v) is 10.5. The first-order valence-electron chi connectivity index (χ1n) is 8.62. The number of anilines is 1. The maximum absolute atomic E-state index is 15.1. The van der Waals surface area contributed by atoms with Crippen LogP contribution in [0.3, 0.4) is 0 Å². The van der Waals surface area contributed by atoms with Crippen molar-refractivity contribution in [2.24, 2.45) is 0 Å². The molecule has 0 spiro atoms. The molecular weight excluding hydrogens is 455 g/mol. The molecule has 0 unspecified atom stereocenters. The lowest BCUT2D eigenvalue weighted by molar-refractivity contribution is 0.103. The van der Waals surface area contributed by atoms with Gasteiger partial charge in [-0.15, -0.1) is 0 Å². The summed E-state index contributed by atoms with van der Waals surface area (Å²) < 4.78 is 70.2. The lowest BCUT2D eigenvalue weighted by atomic mass is 10.0. The highest BCUT2D eigenvalue weighted by Crippen LogP contribution is 2.31. The number of ketones is 1. The highest BCUT2D eigenvalue weighted by atomic mass is 35.5. The summed E-state index contributed by atoms with van der Waals surface area (Å²) in [6, 6.07) is 7.38. The third-order valence-electron chi connectivity index (χ3n) is 4.46. The Kier molecular flexibility index (Phi) is 5.19. The van der Waals surface area contributed by atoms with Gasteiger partial charge in [0, 0.05) is 17.8 Å². The quantitative estimate of drug-likeness (QED) is 0.419. The molecule has 0 fully saturated rings. The molecule has 158 valence electrons. The molecule has 0 amide bonds. The number of hydrogen-bond acceptors (Lipinski definition) is 4. The molecule has 0 aliphatic carbocycles. The van der Waals surface area contributed by atoms with Crippen molar-refractivity contribution in [3.8, 4) is 0 Å². The van der Waals surface area contributed by atoms with Crippen molar-refractivity contribution in [2.45, 2.75) is 4.90 Å². The van der Waals surface area contributed by atoms with Gasteiger partial charge in [0.1, 0.15) is 22.2 Å².